The molecule has 0 saturated carbocycles. The molecule has 1 amide bonds. The summed E-state index contributed by atoms with van der Waals surface area (Å²) in [4.78, 5) is 33.4. The van der Waals surface area contributed by atoms with E-state index in [1.165, 1.54) is 15.8 Å². The fourth-order valence-corrected chi connectivity index (χ4v) is 5.94. The molecule has 0 bridgehead atoms. The van der Waals surface area contributed by atoms with Gasteiger partial charge in [0, 0.05) is 9.75 Å². The molecular weight excluding hydrogens is 402 g/mol. The van der Waals surface area contributed by atoms with Crippen molar-refractivity contribution in [3.63, 3.8) is 0 Å². The first-order valence-electron chi connectivity index (χ1n) is 9.58. The predicted octanol–water partition coefficient (Wildman–Crippen LogP) is 3.91. The lowest BCUT2D eigenvalue weighted by atomic mass is 10.1. The van der Waals surface area contributed by atoms with Gasteiger partial charge in [-0.25, -0.2) is 4.98 Å². The van der Waals surface area contributed by atoms with Crippen LogP contribution in [-0.4, -0.2) is 15.5 Å². The second kappa shape index (κ2) is 7.57. The molecule has 1 N–H and O–H groups in total. The molecule has 4 aromatic rings. The van der Waals surface area contributed by atoms with Gasteiger partial charge in [0.25, 0.3) is 5.56 Å². The van der Waals surface area contributed by atoms with Crippen LogP contribution in [0.4, 0.5) is 0 Å². The van der Waals surface area contributed by atoms with Crippen molar-refractivity contribution in [2.45, 2.75) is 31.8 Å². The van der Waals surface area contributed by atoms with Gasteiger partial charge < -0.3 is 5.32 Å². The molecule has 1 aromatic carbocycles. The number of hydrogen-bond acceptors (Lipinski definition) is 5. The summed E-state index contributed by atoms with van der Waals surface area (Å²) in [6.07, 6.45) is 4.54. The van der Waals surface area contributed by atoms with Crippen molar-refractivity contribution >= 4 is 38.8 Å². The van der Waals surface area contributed by atoms with Crippen LogP contribution >= 0.6 is 22.7 Å². The van der Waals surface area contributed by atoms with Crippen molar-refractivity contribution in [3.8, 4) is 0 Å². The number of amides is 1. The van der Waals surface area contributed by atoms with E-state index in [2.05, 4.69) is 10.3 Å². The summed E-state index contributed by atoms with van der Waals surface area (Å²) in [6, 6.07) is 13.6. The molecule has 0 unspecified atom stereocenters. The summed E-state index contributed by atoms with van der Waals surface area (Å²) in [7, 11) is 0. The van der Waals surface area contributed by atoms with E-state index < -0.39 is 0 Å². The minimum atomic E-state index is -0.235. The Morgan fingerprint density at radius 3 is 2.83 bits per heavy atom. The highest BCUT2D eigenvalue weighted by Crippen LogP contribution is 2.34. The Labute approximate surface area is 175 Å². The number of nitrogens with one attached hydrogen (secondary N) is 1. The van der Waals surface area contributed by atoms with Crippen molar-refractivity contribution in [1.29, 1.82) is 0 Å². The number of aryl methyl sites for hydroxylation is 2. The molecule has 29 heavy (non-hydrogen) atoms. The van der Waals surface area contributed by atoms with Gasteiger partial charge in [0.05, 0.1) is 17.8 Å². The Morgan fingerprint density at radius 1 is 1.17 bits per heavy atom. The van der Waals surface area contributed by atoms with Gasteiger partial charge in [-0.05, 0) is 41.8 Å². The van der Waals surface area contributed by atoms with Gasteiger partial charge in [0.1, 0.15) is 11.4 Å². The van der Waals surface area contributed by atoms with Gasteiger partial charge in [-0.3, -0.25) is 14.2 Å². The molecule has 3 aromatic heterocycles. The third kappa shape index (κ3) is 3.41. The number of fused-ring (bicyclic) bond motifs is 3. The van der Waals surface area contributed by atoms with E-state index in [1.807, 2.05) is 47.8 Å². The maximum atomic E-state index is 13.0. The van der Waals surface area contributed by atoms with E-state index in [-0.39, 0.29) is 24.1 Å². The largest absolute Gasteiger partial charge is 0.343 e. The molecule has 7 heteroatoms. The number of hydrogen-bond donors (Lipinski definition) is 1. The second-order valence-electron chi connectivity index (χ2n) is 7.14. The Kier molecular flexibility index (Phi) is 4.77. The number of thiophene rings is 2. The molecule has 0 aliphatic heterocycles. The normalized spacial score (nSPS) is 14.1. The van der Waals surface area contributed by atoms with Crippen LogP contribution in [0.2, 0.25) is 0 Å². The van der Waals surface area contributed by atoms with Gasteiger partial charge in [-0.15, -0.1) is 22.7 Å². The Hall–Kier alpha value is -2.77. The number of rotatable bonds is 5. The minimum Gasteiger partial charge on any atom is -0.343 e. The lowest BCUT2D eigenvalue weighted by Crippen LogP contribution is -2.35. The summed E-state index contributed by atoms with van der Waals surface area (Å²) in [5, 5.41) is 5.79. The molecule has 0 fully saturated rings. The van der Waals surface area contributed by atoms with Gasteiger partial charge in [-0.1, -0.05) is 36.4 Å². The number of nitrogens with zero attached hydrogens (tertiary/aromatic N) is 2. The zero-order chi connectivity index (χ0) is 19.8. The minimum absolute atomic E-state index is 0.0406. The summed E-state index contributed by atoms with van der Waals surface area (Å²) in [5.41, 5.74) is 2.04. The molecule has 5 nitrogen and oxygen atoms in total. The monoisotopic (exact) mass is 421 g/mol. The standard InChI is InChI=1S/C22H19N3O2S2/c26-18(24-20(17-10-5-11-28-17)14-6-2-1-3-7-14)12-25-13-23-21-19(22(25)27)15-8-4-9-16(15)29-21/h1-3,5-7,10-11,13,20H,4,8-9,12H2,(H,24,26)/t20-/m0/s1. The molecule has 1 aliphatic rings. The van der Waals surface area contributed by atoms with Crippen LogP contribution in [0.15, 0.2) is 59.0 Å². The third-order valence-corrected chi connectivity index (χ3v) is 7.41. The molecule has 0 radical (unpaired) electrons. The number of carbonyl (C=O) groups is 1. The van der Waals surface area contributed by atoms with Gasteiger partial charge in [0.15, 0.2) is 0 Å². The highest BCUT2D eigenvalue weighted by Gasteiger charge is 2.22. The molecule has 1 aliphatic carbocycles. The molecule has 3 heterocycles. The SMILES string of the molecule is O=C(Cn1cnc2sc3c(c2c1=O)CCC3)N[C@@H](c1ccccc1)c1cccs1. The Morgan fingerprint density at radius 2 is 2.03 bits per heavy atom. The molecule has 0 spiro atoms. The van der Waals surface area contributed by atoms with E-state index >= 15 is 0 Å². The lowest BCUT2D eigenvalue weighted by molar-refractivity contribution is -0.122. The van der Waals surface area contributed by atoms with Crippen molar-refractivity contribution < 1.29 is 4.79 Å². The zero-order valence-corrected chi connectivity index (χ0v) is 17.3. The first-order chi connectivity index (χ1) is 14.2. The Balaban J connectivity index is 1.42. The van der Waals surface area contributed by atoms with E-state index in [0.717, 1.165) is 40.1 Å². The first kappa shape index (κ1) is 18.3. The number of benzene rings is 1. The second-order valence-corrected chi connectivity index (χ2v) is 9.20. The fourth-order valence-electron chi connectivity index (χ4n) is 3.91. The van der Waals surface area contributed by atoms with Gasteiger partial charge >= 0.3 is 0 Å². The fraction of sp³-hybridized carbons (Fsp3) is 0.227. The summed E-state index contributed by atoms with van der Waals surface area (Å²) >= 11 is 3.21. The number of aromatic nitrogens is 2. The molecule has 1 atom stereocenters. The van der Waals surface area contributed by atoms with Crippen LogP contribution in [-0.2, 0) is 24.2 Å². The average molecular weight is 422 g/mol. The maximum Gasteiger partial charge on any atom is 0.262 e. The van der Waals surface area contributed by atoms with Crippen molar-refractivity contribution in [3.05, 3.63) is 85.4 Å². The third-order valence-electron chi connectivity index (χ3n) is 5.27. The predicted molar refractivity (Wildman–Crippen MR) is 117 cm³/mol. The first-order valence-corrected chi connectivity index (χ1v) is 11.3. The average Bonchev–Trinajstić information content (AvgIpc) is 3.46. The summed E-state index contributed by atoms with van der Waals surface area (Å²) < 4.78 is 1.43. The van der Waals surface area contributed by atoms with Crippen LogP contribution < -0.4 is 10.9 Å². The quantitative estimate of drug-likeness (QED) is 0.531. The topological polar surface area (TPSA) is 64.0 Å². The van der Waals surface area contributed by atoms with E-state index in [0.29, 0.717) is 5.39 Å². The van der Waals surface area contributed by atoms with Crippen LogP contribution in [0.3, 0.4) is 0 Å². The molecule has 5 rings (SSSR count). The number of carbonyl (C=O) groups excluding carboxylic acids is 1. The lowest BCUT2D eigenvalue weighted by Gasteiger charge is -2.18. The van der Waals surface area contributed by atoms with Crippen LogP contribution in [0, 0.1) is 0 Å². The summed E-state index contributed by atoms with van der Waals surface area (Å²) in [6.45, 7) is -0.0406. The van der Waals surface area contributed by atoms with Crippen molar-refractivity contribution in [2.24, 2.45) is 0 Å². The van der Waals surface area contributed by atoms with Crippen molar-refractivity contribution in [1.82, 2.24) is 14.9 Å². The smallest absolute Gasteiger partial charge is 0.262 e. The van der Waals surface area contributed by atoms with Gasteiger partial charge in [-0.2, -0.15) is 0 Å². The van der Waals surface area contributed by atoms with E-state index in [9.17, 15) is 9.59 Å². The van der Waals surface area contributed by atoms with Crippen LogP contribution in [0.25, 0.3) is 10.2 Å². The van der Waals surface area contributed by atoms with E-state index in [4.69, 9.17) is 0 Å². The maximum absolute atomic E-state index is 13.0. The van der Waals surface area contributed by atoms with E-state index in [1.54, 1.807) is 22.7 Å². The summed E-state index contributed by atoms with van der Waals surface area (Å²) in [5.74, 6) is -0.206. The zero-order valence-electron chi connectivity index (χ0n) is 15.6. The molecule has 0 saturated heterocycles. The Bertz CT molecular complexity index is 1230. The van der Waals surface area contributed by atoms with Crippen molar-refractivity contribution in [2.75, 3.05) is 0 Å². The van der Waals surface area contributed by atoms with Crippen LogP contribution in [0.5, 0.6) is 0 Å². The highest BCUT2D eigenvalue weighted by atomic mass is 32.1. The van der Waals surface area contributed by atoms with Gasteiger partial charge in [0.2, 0.25) is 5.91 Å². The molecular formula is C22H19N3O2S2. The molecule has 146 valence electrons. The van der Waals surface area contributed by atoms with Crippen LogP contribution in [0.1, 0.15) is 33.3 Å². The highest BCUT2D eigenvalue weighted by molar-refractivity contribution is 7.18.